The summed E-state index contributed by atoms with van der Waals surface area (Å²) in [5.74, 6) is -0.792. The Morgan fingerprint density at radius 1 is 0.512 bits per heavy atom. The van der Waals surface area contributed by atoms with Crippen molar-refractivity contribution in [1.29, 1.82) is 0 Å². The van der Waals surface area contributed by atoms with Gasteiger partial charge in [-0.05, 0) is 48.5 Å². The number of carbonyl (C=O) groups is 2. The van der Waals surface area contributed by atoms with Crippen molar-refractivity contribution in [2.45, 2.75) is 0 Å². The third-order valence-corrected chi connectivity index (χ3v) is 6.48. The largest absolute Gasteiger partial charge is 0.497 e. The number of hydrogen-bond acceptors (Lipinski definition) is 11. The van der Waals surface area contributed by atoms with E-state index in [0.29, 0.717) is 19.7 Å². The van der Waals surface area contributed by atoms with Gasteiger partial charge in [0.15, 0.2) is 23.0 Å². The number of methoxy groups -OCH3 is 7. The minimum atomic E-state index is -1.12. The van der Waals surface area contributed by atoms with Gasteiger partial charge in [-0.25, -0.2) is 14.2 Å². The molecule has 0 atom stereocenters. The van der Waals surface area contributed by atoms with Crippen LogP contribution in [-0.4, -0.2) is 75.5 Å². The van der Waals surface area contributed by atoms with Gasteiger partial charge in [0.1, 0.15) is 5.75 Å². The van der Waals surface area contributed by atoms with Crippen LogP contribution in [0.1, 0.15) is 20.7 Å². The molecule has 0 saturated heterocycles. The smallest absolute Gasteiger partial charge is 0.359 e. The Bertz CT molecular complexity index is 1640. The predicted octanol–water partition coefficient (Wildman–Crippen LogP) is 2.24. The van der Waals surface area contributed by atoms with Gasteiger partial charge in [0, 0.05) is 11.1 Å². The summed E-state index contributed by atoms with van der Waals surface area (Å²) in [7, 11) is 9.62. The third-order valence-electron chi connectivity index (χ3n) is 6.48. The Balaban J connectivity index is 2.03. The lowest BCUT2D eigenvalue weighted by molar-refractivity contribution is 0.0840. The number of ether oxygens (including phenoxy) is 7. The van der Waals surface area contributed by atoms with E-state index in [0.717, 1.165) is 0 Å². The van der Waals surface area contributed by atoms with Gasteiger partial charge in [-0.15, -0.1) is 0 Å². The lowest BCUT2D eigenvalue weighted by atomic mass is 10.1. The van der Waals surface area contributed by atoms with Crippen molar-refractivity contribution in [2.75, 3.05) is 49.8 Å². The van der Waals surface area contributed by atoms with E-state index in [2.05, 4.69) is 0 Å². The van der Waals surface area contributed by atoms with E-state index in [1.165, 1.54) is 98.3 Å². The van der Waals surface area contributed by atoms with E-state index >= 15 is 0 Å². The molecule has 0 saturated carbocycles. The topological polar surface area (TPSA) is 148 Å². The first-order valence-electron chi connectivity index (χ1n) is 12.5. The van der Waals surface area contributed by atoms with Crippen LogP contribution in [0.3, 0.4) is 0 Å². The molecule has 1 aromatic heterocycles. The zero-order chi connectivity index (χ0) is 31.4. The van der Waals surface area contributed by atoms with Crippen LogP contribution in [0.2, 0.25) is 0 Å². The lowest BCUT2D eigenvalue weighted by Crippen LogP contribution is -2.37. The van der Waals surface area contributed by atoms with E-state index in [1.54, 1.807) is 0 Å². The highest BCUT2D eigenvalue weighted by Crippen LogP contribution is 2.39. The molecule has 0 amide bonds. The highest BCUT2D eigenvalue weighted by molar-refractivity contribution is 6.01. The molecule has 14 heteroatoms. The Kier molecular flexibility index (Phi) is 8.78. The van der Waals surface area contributed by atoms with Crippen molar-refractivity contribution < 1.29 is 42.7 Å². The third kappa shape index (κ3) is 5.25. The fourth-order valence-corrected chi connectivity index (χ4v) is 4.40. The summed E-state index contributed by atoms with van der Waals surface area (Å²) < 4.78 is 38.7. The number of nitrogens with zero attached hydrogens (tertiary/aromatic N) is 3. The van der Waals surface area contributed by atoms with Crippen molar-refractivity contribution in [1.82, 2.24) is 13.9 Å². The first-order valence-corrected chi connectivity index (χ1v) is 12.5. The van der Waals surface area contributed by atoms with Gasteiger partial charge < -0.3 is 33.2 Å². The predicted molar refractivity (Wildman–Crippen MR) is 152 cm³/mol. The second kappa shape index (κ2) is 12.5. The summed E-state index contributed by atoms with van der Waals surface area (Å²) in [4.78, 5) is 55.7. The Morgan fingerprint density at radius 3 is 1.14 bits per heavy atom. The summed E-state index contributed by atoms with van der Waals surface area (Å²) in [5.41, 5.74) is -2.44. The second-order valence-electron chi connectivity index (χ2n) is 8.66. The van der Waals surface area contributed by atoms with E-state index in [-0.39, 0.29) is 51.3 Å². The summed E-state index contributed by atoms with van der Waals surface area (Å²) in [5, 5.41) is 0. The van der Waals surface area contributed by atoms with Crippen LogP contribution in [0, 0.1) is 0 Å². The van der Waals surface area contributed by atoms with Gasteiger partial charge >= 0.3 is 11.4 Å². The SMILES string of the molecule is COc1ccc(-n2c(=O)n(C(=O)c3cc(OC)c(OC)c(OC)c3)n(C(=O)c3cc(OC)c(OC)c(OC)c3)c2=O)cc1. The lowest BCUT2D eigenvalue weighted by Gasteiger charge is -2.15. The molecule has 43 heavy (non-hydrogen) atoms. The van der Waals surface area contributed by atoms with Crippen LogP contribution in [0.25, 0.3) is 5.69 Å². The maximum absolute atomic E-state index is 14.0. The molecule has 0 fully saturated rings. The minimum Gasteiger partial charge on any atom is -0.497 e. The fraction of sp³-hybridized carbons (Fsp3) is 0.241. The molecule has 226 valence electrons. The van der Waals surface area contributed by atoms with Gasteiger partial charge in [-0.3, -0.25) is 9.59 Å². The van der Waals surface area contributed by atoms with Crippen LogP contribution in [0.4, 0.5) is 0 Å². The molecule has 0 aliphatic heterocycles. The number of carbonyl (C=O) groups excluding carboxylic acids is 2. The zero-order valence-electron chi connectivity index (χ0n) is 24.5. The van der Waals surface area contributed by atoms with Crippen molar-refractivity contribution >= 4 is 11.8 Å². The maximum atomic E-state index is 14.0. The highest BCUT2D eigenvalue weighted by Gasteiger charge is 2.30. The molecule has 0 bridgehead atoms. The summed E-state index contributed by atoms with van der Waals surface area (Å²) in [6.07, 6.45) is 0. The number of hydrogen-bond donors (Lipinski definition) is 0. The van der Waals surface area contributed by atoms with E-state index in [9.17, 15) is 19.2 Å². The van der Waals surface area contributed by atoms with Gasteiger partial charge in [0.2, 0.25) is 11.5 Å². The number of rotatable bonds is 10. The molecule has 1 heterocycles. The molecule has 0 spiro atoms. The molecule has 0 aliphatic carbocycles. The van der Waals surface area contributed by atoms with Crippen LogP contribution >= 0.6 is 0 Å². The monoisotopic (exact) mass is 595 g/mol. The normalized spacial score (nSPS) is 10.6. The van der Waals surface area contributed by atoms with Crippen LogP contribution in [0.15, 0.2) is 58.1 Å². The first-order chi connectivity index (χ1) is 20.7. The standard InChI is InChI=1S/C29H29N3O11/c1-37-19-10-8-18(9-11-19)30-28(35)31(26(33)16-12-20(38-2)24(42-6)21(13-16)39-3)32(29(30)36)27(34)17-14-22(40-4)25(43-7)23(15-17)41-5/h8-15H,1-7H3. The fourth-order valence-electron chi connectivity index (χ4n) is 4.40. The van der Waals surface area contributed by atoms with Crippen LogP contribution < -0.4 is 44.5 Å². The molecule has 0 aliphatic rings. The van der Waals surface area contributed by atoms with E-state index < -0.39 is 23.2 Å². The molecular weight excluding hydrogens is 566 g/mol. The molecule has 0 N–H and O–H groups in total. The quantitative estimate of drug-likeness (QED) is 0.266. The van der Waals surface area contributed by atoms with Crippen LogP contribution in [-0.2, 0) is 0 Å². The van der Waals surface area contributed by atoms with Crippen molar-refractivity contribution in [3.63, 3.8) is 0 Å². The Morgan fingerprint density at radius 2 is 0.860 bits per heavy atom. The maximum Gasteiger partial charge on any atom is 0.359 e. The molecule has 4 rings (SSSR count). The number of benzene rings is 3. The second-order valence-corrected chi connectivity index (χ2v) is 8.66. The zero-order valence-corrected chi connectivity index (χ0v) is 24.5. The van der Waals surface area contributed by atoms with E-state index in [1.807, 2.05) is 0 Å². The number of aromatic nitrogens is 3. The summed E-state index contributed by atoms with van der Waals surface area (Å²) in [6.45, 7) is 0. The molecule has 3 aromatic carbocycles. The molecule has 0 unspecified atom stereocenters. The van der Waals surface area contributed by atoms with Crippen LogP contribution in [0.5, 0.6) is 40.2 Å². The van der Waals surface area contributed by atoms with Crippen molar-refractivity contribution in [3.05, 3.63) is 80.6 Å². The van der Waals surface area contributed by atoms with Crippen molar-refractivity contribution in [3.8, 4) is 45.9 Å². The summed E-state index contributed by atoms with van der Waals surface area (Å²) in [6, 6.07) is 11.1. The summed E-state index contributed by atoms with van der Waals surface area (Å²) >= 11 is 0. The molecular formula is C29H29N3O11. The van der Waals surface area contributed by atoms with Gasteiger partial charge in [0.05, 0.1) is 55.5 Å². The average molecular weight is 596 g/mol. The average Bonchev–Trinajstić information content (AvgIpc) is 3.31. The van der Waals surface area contributed by atoms with E-state index in [4.69, 9.17) is 33.2 Å². The van der Waals surface area contributed by atoms with Crippen molar-refractivity contribution in [2.24, 2.45) is 0 Å². The molecule has 4 aromatic rings. The van der Waals surface area contributed by atoms with Gasteiger partial charge in [0.25, 0.3) is 11.8 Å². The molecule has 0 radical (unpaired) electrons. The Labute approximate surface area is 245 Å². The Hall–Kier alpha value is -5.66. The minimum absolute atomic E-state index is 0.0821. The first kappa shape index (κ1) is 30.3. The highest BCUT2D eigenvalue weighted by atomic mass is 16.5. The molecule has 14 nitrogen and oxygen atoms in total. The van der Waals surface area contributed by atoms with Gasteiger partial charge in [-0.2, -0.15) is 9.36 Å². The van der Waals surface area contributed by atoms with Gasteiger partial charge in [-0.1, -0.05) is 0 Å².